The zero-order chi connectivity index (χ0) is 38.5. The van der Waals surface area contributed by atoms with Gasteiger partial charge in [0.05, 0.1) is 0 Å². The highest BCUT2D eigenvalue weighted by atomic mass is 15.1. The summed E-state index contributed by atoms with van der Waals surface area (Å²) < 4.78 is 0. The predicted octanol–water partition coefficient (Wildman–Crippen LogP) is 15.4. The SMILES string of the molecule is CC1(C)c2ccccc2-c2ccc(N(c3ccc(-c4cccc5c4C(C)(C)c4ccccc4-5)cc3)c3cccc(-c4cccc5c4ccc4ccccc45)c3)cc21. The van der Waals surface area contributed by atoms with E-state index in [0.717, 1.165) is 17.1 Å². The fraction of sp³-hybridized carbons (Fsp3) is 0.107. The number of hydrogen-bond acceptors (Lipinski definition) is 1. The number of anilines is 3. The van der Waals surface area contributed by atoms with Crippen LogP contribution in [-0.4, -0.2) is 0 Å². The molecule has 272 valence electrons. The predicted molar refractivity (Wildman–Crippen MR) is 242 cm³/mol. The summed E-state index contributed by atoms with van der Waals surface area (Å²) in [6.45, 7) is 9.47. The van der Waals surface area contributed by atoms with Crippen molar-refractivity contribution in [1.82, 2.24) is 0 Å². The van der Waals surface area contributed by atoms with Crippen molar-refractivity contribution in [2.75, 3.05) is 4.90 Å². The van der Waals surface area contributed by atoms with E-state index in [1.165, 1.54) is 88.3 Å². The maximum absolute atomic E-state index is 2.45. The molecule has 0 fully saturated rings. The Hall–Kier alpha value is -6.70. The molecule has 1 nitrogen and oxygen atoms in total. The van der Waals surface area contributed by atoms with Gasteiger partial charge in [0, 0.05) is 27.9 Å². The van der Waals surface area contributed by atoms with Gasteiger partial charge in [-0.05, 0) is 125 Å². The molecule has 0 bridgehead atoms. The molecule has 0 atom stereocenters. The molecule has 0 aromatic heterocycles. The minimum atomic E-state index is -0.108. The standard InChI is InChI=1S/C56H43N/c1-55(2)51-24-9-7-18-47(51)49-33-31-41(35-53(49)55)57(40-16-11-15-38(34-40)43-20-12-22-45-42-17-6-5-14-36(42)28-32-46(43)45)39-29-26-37(27-30-39)44-21-13-23-50-48-19-8-10-25-52(48)56(3,4)54(44)50/h5-35H,1-4H3. The van der Waals surface area contributed by atoms with Crippen LogP contribution in [0.3, 0.4) is 0 Å². The third-order valence-corrected chi connectivity index (χ3v) is 13.0. The van der Waals surface area contributed by atoms with Gasteiger partial charge in [-0.3, -0.25) is 0 Å². The Morgan fingerprint density at radius 3 is 1.72 bits per heavy atom. The minimum Gasteiger partial charge on any atom is -0.310 e. The van der Waals surface area contributed by atoms with Crippen molar-refractivity contribution in [3.63, 3.8) is 0 Å². The van der Waals surface area contributed by atoms with E-state index in [9.17, 15) is 0 Å². The first-order valence-electron chi connectivity index (χ1n) is 20.2. The average Bonchev–Trinajstić information content (AvgIpc) is 3.63. The van der Waals surface area contributed by atoms with Gasteiger partial charge in [0.2, 0.25) is 0 Å². The van der Waals surface area contributed by atoms with Crippen LogP contribution in [0.25, 0.3) is 66.1 Å². The second-order valence-corrected chi connectivity index (χ2v) is 16.9. The summed E-state index contributed by atoms with van der Waals surface area (Å²) >= 11 is 0. The fourth-order valence-corrected chi connectivity index (χ4v) is 10.3. The molecule has 57 heavy (non-hydrogen) atoms. The normalized spacial score (nSPS) is 14.2. The molecule has 0 saturated heterocycles. The number of rotatable bonds is 5. The lowest BCUT2D eigenvalue weighted by Gasteiger charge is -2.29. The molecule has 2 aliphatic carbocycles. The van der Waals surface area contributed by atoms with Crippen LogP contribution in [0, 0.1) is 0 Å². The van der Waals surface area contributed by atoms with Crippen LogP contribution in [0.2, 0.25) is 0 Å². The van der Waals surface area contributed by atoms with E-state index in [0.29, 0.717) is 0 Å². The molecule has 9 aromatic carbocycles. The Morgan fingerprint density at radius 1 is 0.316 bits per heavy atom. The van der Waals surface area contributed by atoms with E-state index in [2.05, 4.69) is 221 Å². The highest BCUT2D eigenvalue weighted by Crippen LogP contribution is 2.53. The van der Waals surface area contributed by atoms with Crippen molar-refractivity contribution >= 4 is 38.6 Å². The lowest BCUT2D eigenvalue weighted by atomic mass is 9.79. The highest BCUT2D eigenvalue weighted by Gasteiger charge is 2.38. The van der Waals surface area contributed by atoms with Crippen LogP contribution in [-0.2, 0) is 10.8 Å². The minimum absolute atomic E-state index is 0.0869. The molecule has 1 heteroatoms. The van der Waals surface area contributed by atoms with Crippen molar-refractivity contribution < 1.29 is 0 Å². The summed E-state index contributed by atoms with van der Waals surface area (Å²) in [4.78, 5) is 2.45. The first-order chi connectivity index (χ1) is 27.8. The molecule has 0 unspecified atom stereocenters. The first kappa shape index (κ1) is 33.6. The monoisotopic (exact) mass is 729 g/mol. The molecule has 9 aromatic rings. The zero-order valence-electron chi connectivity index (χ0n) is 32.8. The largest absolute Gasteiger partial charge is 0.310 e. The fourth-order valence-electron chi connectivity index (χ4n) is 10.3. The van der Waals surface area contributed by atoms with Crippen molar-refractivity contribution in [3.05, 3.63) is 210 Å². The summed E-state index contributed by atoms with van der Waals surface area (Å²) in [5, 5.41) is 5.10. The third-order valence-electron chi connectivity index (χ3n) is 13.0. The Labute approximate surface area is 335 Å². The summed E-state index contributed by atoms with van der Waals surface area (Å²) in [6.07, 6.45) is 0. The van der Waals surface area contributed by atoms with Gasteiger partial charge in [-0.15, -0.1) is 0 Å². The Kier molecular flexibility index (Phi) is 7.32. The van der Waals surface area contributed by atoms with Gasteiger partial charge in [0.1, 0.15) is 0 Å². The summed E-state index contributed by atoms with van der Waals surface area (Å²) in [6, 6.07) is 70.0. The summed E-state index contributed by atoms with van der Waals surface area (Å²) in [5.74, 6) is 0. The van der Waals surface area contributed by atoms with Crippen LogP contribution in [0.1, 0.15) is 49.9 Å². The molecule has 0 amide bonds. The van der Waals surface area contributed by atoms with Gasteiger partial charge in [-0.1, -0.05) is 179 Å². The van der Waals surface area contributed by atoms with Crippen molar-refractivity contribution in [3.8, 4) is 44.5 Å². The number of benzene rings is 9. The van der Waals surface area contributed by atoms with Crippen molar-refractivity contribution in [1.29, 1.82) is 0 Å². The van der Waals surface area contributed by atoms with Crippen molar-refractivity contribution in [2.24, 2.45) is 0 Å². The summed E-state index contributed by atoms with van der Waals surface area (Å²) in [5.41, 5.74) is 19.1. The molecule has 0 radical (unpaired) electrons. The van der Waals surface area contributed by atoms with Crippen LogP contribution in [0.15, 0.2) is 188 Å². The lowest BCUT2D eigenvalue weighted by Crippen LogP contribution is -2.16. The number of fused-ring (bicyclic) bond motifs is 9. The van der Waals surface area contributed by atoms with Gasteiger partial charge >= 0.3 is 0 Å². The molecular formula is C56H43N. The molecule has 0 saturated carbocycles. The van der Waals surface area contributed by atoms with Gasteiger partial charge in [-0.25, -0.2) is 0 Å². The van der Waals surface area contributed by atoms with E-state index in [-0.39, 0.29) is 10.8 Å². The average molecular weight is 730 g/mol. The molecule has 11 rings (SSSR count). The highest BCUT2D eigenvalue weighted by molar-refractivity contribution is 6.12. The molecule has 2 aliphatic rings. The molecule has 0 heterocycles. The van der Waals surface area contributed by atoms with E-state index in [1.807, 2.05) is 0 Å². The van der Waals surface area contributed by atoms with E-state index in [1.54, 1.807) is 0 Å². The Balaban J connectivity index is 1.06. The molecule has 0 N–H and O–H groups in total. The lowest BCUT2D eigenvalue weighted by molar-refractivity contribution is 0.660. The van der Waals surface area contributed by atoms with Gasteiger partial charge < -0.3 is 4.90 Å². The van der Waals surface area contributed by atoms with Gasteiger partial charge in [0.25, 0.3) is 0 Å². The molecule has 0 aliphatic heterocycles. The van der Waals surface area contributed by atoms with E-state index in [4.69, 9.17) is 0 Å². The maximum atomic E-state index is 2.45. The zero-order valence-corrected chi connectivity index (χ0v) is 32.8. The topological polar surface area (TPSA) is 3.24 Å². The first-order valence-corrected chi connectivity index (χ1v) is 20.2. The number of nitrogens with zero attached hydrogens (tertiary/aromatic N) is 1. The third kappa shape index (κ3) is 5.02. The van der Waals surface area contributed by atoms with Crippen LogP contribution in [0.4, 0.5) is 17.1 Å². The molecule has 0 spiro atoms. The van der Waals surface area contributed by atoms with Crippen LogP contribution < -0.4 is 4.90 Å². The van der Waals surface area contributed by atoms with Gasteiger partial charge in [-0.2, -0.15) is 0 Å². The van der Waals surface area contributed by atoms with Gasteiger partial charge in [0.15, 0.2) is 0 Å². The smallest absolute Gasteiger partial charge is 0.0467 e. The maximum Gasteiger partial charge on any atom is 0.0467 e. The summed E-state index contributed by atoms with van der Waals surface area (Å²) in [7, 11) is 0. The molecular weight excluding hydrogens is 687 g/mol. The van der Waals surface area contributed by atoms with Crippen molar-refractivity contribution in [2.45, 2.75) is 38.5 Å². The second kappa shape index (κ2) is 12.4. The quantitative estimate of drug-likeness (QED) is 0.159. The Bertz CT molecular complexity index is 3070. The van der Waals surface area contributed by atoms with Crippen LogP contribution in [0.5, 0.6) is 0 Å². The van der Waals surface area contributed by atoms with E-state index >= 15 is 0 Å². The van der Waals surface area contributed by atoms with Crippen LogP contribution >= 0.6 is 0 Å². The Morgan fingerprint density at radius 2 is 0.895 bits per heavy atom. The van der Waals surface area contributed by atoms with E-state index < -0.39 is 0 Å². The second-order valence-electron chi connectivity index (χ2n) is 16.9. The number of hydrogen-bond donors (Lipinski definition) is 0.